The van der Waals surface area contributed by atoms with E-state index in [1.165, 1.54) is 0 Å². The first-order valence-electron chi connectivity index (χ1n) is 3.24. The summed E-state index contributed by atoms with van der Waals surface area (Å²) in [5.41, 5.74) is -2.08. The predicted molar refractivity (Wildman–Crippen MR) is 36.3 cm³/mol. The lowest BCUT2D eigenvalue weighted by Crippen LogP contribution is -2.34. The van der Waals surface area contributed by atoms with Gasteiger partial charge in [0.25, 0.3) is 0 Å². The summed E-state index contributed by atoms with van der Waals surface area (Å²) in [5, 5.41) is 1.91. The van der Waals surface area contributed by atoms with E-state index in [4.69, 9.17) is 0 Å². The number of alkyl halides is 3. The Balaban J connectivity index is 3.16. The maximum Gasteiger partial charge on any atom is 0.406 e. The molecule has 1 rings (SSSR count). The molecule has 0 saturated carbocycles. The Hall–Kier alpha value is -1.47. The summed E-state index contributed by atoms with van der Waals surface area (Å²) >= 11 is 0. The SMILES string of the molecule is Cn1[nH]c(=O)n(CC(F)(F)F)c1=O. The number of hydrogen-bond donors (Lipinski definition) is 1. The van der Waals surface area contributed by atoms with Crippen molar-refractivity contribution < 1.29 is 13.2 Å². The molecular formula is C5H6F3N3O2. The molecule has 0 aliphatic rings. The molecular weight excluding hydrogens is 191 g/mol. The summed E-state index contributed by atoms with van der Waals surface area (Å²) in [6, 6.07) is 0. The summed E-state index contributed by atoms with van der Waals surface area (Å²) in [4.78, 5) is 21.6. The van der Waals surface area contributed by atoms with Gasteiger partial charge in [0.1, 0.15) is 6.54 Å². The second-order valence-corrected chi connectivity index (χ2v) is 2.46. The van der Waals surface area contributed by atoms with Crippen molar-refractivity contribution in [2.75, 3.05) is 0 Å². The van der Waals surface area contributed by atoms with Gasteiger partial charge in [0, 0.05) is 7.05 Å². The zero-order chi connectivity index (χ0) is 10.2. The van der Waals surface area contributed by atoms with Crippen LogP contribution in [-0.4, -0.2) is 20.5 Å². The Labute approximate surface area is 69.4 Å². The van der Waals surface area contributed by atoms with Crippen molar-refractivity contribution in [1.29, 1.82) is 0 Å². The largest absolute Gasteiger partial charge is 0.406 e. The van der Waals surface area contributed by atoms with Crippen LogP contribution in [0.3, 0.4) is 0 Å². The highest BCUT2D eigenvalue weighted by atomic mass is 19.4. The molecule has 0 bridgehead atoms. The maximum atomic E-state index is 11.8. The molecule has 1 N–H and O–H groups in total. The Morgan fingerprint density at radius 3 is 2.23 bits per heavy atom. The van der Waals surface area contributed by atoms with Crippen LogP contribution < -0.4 is 11.4 Å². The van der Waals surface area contributed by atoms with E-state index in [2.05, 4.69) is 0 Å². The lowest BCUT2D eigenvalue weighted by molar-refractivity contribution is -0.141. The number of nitrogens with zero attached hydrogens (tertiary/aromatic N) is 2. The number of aryl methyl sites for hydroxylation is 1. The minimum absolute atomic E-state index is 0.0833. The summed E-state index contributed by atoms with van der Waals surface area (Å²) in [5.74, 6) is 0. The quantitative estimate of drug-likeness (QED) is 0.655. The van der Waals surface area contributed by atoms with E-state index in [1.807, 2.05) is 5.10 Å². The topological polar surface area (TPSA) is 59.8 Å². The second-order valence-electron chi connectivity index (χ2n) is 2.46. The zero-order valence-electron chi connectivity index (χ0n) is 6.55. The van der Waals surface area contributed by atoms with Gasteiger partial charge in [-0.3, -0.25) is 0 Å². The Bertz CT molecular complexity index is 410. The van der Waals surface area contributed by atoms with E-state index in [-0.39, 0.29) is 4.57 Å². The first kappa shape index (κ1) is 9.62. The molecule has 74 valence electrons. The monoisotopic (exact) mass is 197 g/mol. The highest BCUT2D eigenvalue weighted by Crippen LogP contribution is 2.15. The zero-order valence-corrected chi connectivity index (χ0v) is 6.55. The van der Waals surface area contributed by atoms with Crippen LogP contribution in [0.1, 0.15) is 0 Å². The van der Waals surface area contributed by atoms with E-state index in [0.717, 1.165) is 7.05 Å². The number of nitrogens with one attached hydrogen (secondary N) is 1. The minimum atomic E-state index is -4.57. The molecule has 8 heteroatoms. The van der Waals surface area contributed by atoms with Gasteiger partial charge in [0.05, 0.1) is 0 Å². The third-order valence-corrected chi connectivity index (χ3v) is 1.36. The molecule has 0 spiro atoms. The van der Waals surface area contributed by atoms with Crippen LogP contribution in [0, 0.1) is 0 Å². The van der Waals surface area contributed by atoms with Crippen molar-refractivity contribution in [3.05, 3.63) is 21.0 Å². The number of aromatic nitrogens is 3. The van der Waals surface area contributed by atoms with Gasteiger partial charge in [-0.15, -0.1) is 0 Å². The van der Waals surface area contributed by atoms with Crippen LogP contribution in [0.4, 0.5) is 13.2 Å². The van der Waals surface area contributed by atoms with Gasteiger partial charge >= 0.3 is 17.6 Å². The van der Waals surface area contributed by atoms with Gasteiger partial charge in [-0.2, -0.15) is 13.2 Å². The summed E-state index contributed by atoms with van der Waals surface area (Å²) in [6.45, 7) is -1.57. The van der Waals surface area contributed by atoms with E-state index in [1.54, 1.807) is 0 Å². The summed E-state index contributed by atoms with van der Waals surface area (Å²) < 4.78 is 36.1. The number of aromatic amines is 1. The molecule has 0 aromatic carbocycles. The Morgan fingerprint density at radius 2 is 1.92 bits per heavy atom. The number of H-pyrrole nitrogens is 1. The molecule has 0 saturated heterocycles. The van der Waals surface area contributed by atoms with Crippen LogP contribution in [0.15, 0.2) is 9.59 Å². The fourth-order valence-corrected chi connectivity index (χ4v) is 0.838. The van der Waals surface area contributed by atoms with E-state index >= 15 is 0 Å². The fraction of sp³-hybridized carbons (Fsp3) is 0.600. The standard InChI is InChI=1S/C5H6F3N3O2/c1-10-4(13)11(3(12)9-10)2-5(6,7)8/h2H2,1H3,(H,9,12). The Morgan fingerprint density at radius 1 is 1.38 bits per heavy atom. The number of rotatable bonds is 1. The van der Waals surface area contributed by atoms with Crippen LogP contribution in [-0.2, 0) is 13.6 Å². The molecule has 0 fully saturated rings. The second kappa shape index (κ2) is 2.79. The summed E-state index contributed by atoms with van der Waals surface area (Å²) in [7, 11) is 1.16. The lowest BCUT2D eigenvalue weighted by atomic mass is 10.6. The van der Waals surface area contributed by atoms with Gasteiger partial charge in [0.2, 0.25) is 0 Å². The Kier molecular flexibility index (Phi) is 2.06. The normalized spacial score (nSPS) is 12.0. The smallest absolute Gasteiger partial charge is 0.246 e. The predicted octanol–water partition coefficient (Wildman–Crippen LogP) is -0.563. The first-order chi connectivity index (χ1) is 5.81. The third kappa shape index (κ3) is 2.01. The third-order valence-electron chi connectivity index (χ3n) is 1.36. The van der Waals surface area contributed by atoms with E-state index < -0.39 is 24.1 Å². The average Bonchev–Trinajstić information content (AvgIpc) is 2.14. The van der Waals surface area contributed by atoms with Crippen molar-refractivity contribution in [3.8, 4) is 0 Å². The van der Waals surface area contributed by atoms with Crippen molar-refractivity contribution in [3.63, 3.8) is 0 Å². The van der Waals surface area contributed by atoms with Gasteiger partial charge in [-0.1, -0.05) is 0 Å². The minimum Gasteiger partial charge on any atom is -0.246 e. The number of hydrogen-bond acceptors (Lipinski definition) is 2. The van der Waals surface area contributed by atoms with Gasteiger partial charge in [-0.05, 0) is 0 Å². The van der Waals surface area contributed by atoms with E-state index in [0.29, 0.717) is 4.68 Å². The molecule has 0 aliphatic heterocycles. The molecule has 1 heterocycles. The molecule has 0 unspecified atom stereocenters. The van der Waals surface area contributed by atoms with Gasteiger partial charge < -0.3 is 0 Å². The summed E-state index contributed by atoms with van der Waals surface area (Å²) in [6.07, 6.45) is -4.57. The van der Waals surface area contributed by atoms with Crippen molar-refractivity contribution in [2.24, 2.45) is 7.05 Å². The molecule has 1 aromatic rings. The van der Waals surface area contributed by atoms with Crippen molar-refractivity contribution >= 4 is 0 Å². The molecule has 0 atom stereocenters. The lowest BCUT2D eigenvalue weighted by Gasteiger charge is -2.03. The average molecular weight is 197 g/mol. The number of halogens is 3. The molecule has 13 heavy (non-hydrogen) atoms. The highest BCUT2D eigenvalue weighted by molar-refractivity contribution is 4.70. The van der Waals surface area contributed by atoms with Gasteiger partial charge in [-0.25, -0.2) is 23.9 Å². The van der Waals surface area contributed by atoms with Crippen LogP contribution in [0.5, 0.6) is 0 Å². The molecule has 1 aromatic heterocycles. The highest BCUT2D eigenvalue weighted by Gasteiger charge is 2.30. The van der Waals surface area contributed by atoms with E-state index in [9.17, 15) is 22.8 Å². The van der Waals surface area contributed by atoms with Crippen LogP contribution in [0.2, 0.25) is 0 Å². The van der Waals surface area contributed by atoms with Crippen LogP contribution in [0.25, 0.3) is 0 Å². The van der Waals surface area contributed by atoms with Crippen molar-refractivity contribution in [1.82, 2.24) is 14.3 Å². The molecule has 0 aliphatic carbocycles. The molecule has 0 radical (unpaired) electrons. The van der Waals surface area contributed by atoms with Gasteiger partial charge in [0.15, 0.2) is 0 Å². The van der Waals surface area contributed by atoms with Crippen LogP contribution >= 0.6 is 0 Å². The maximum absolute atomic E-state index is 11.8. The van der Waals surface area contributed by atoms with Crippen molar-refractivity contribution in [2.45, 2.75) is 12.7 Å². The first-order valence-corrected chi connectivity index (χ1v) is 3.24. The molecule has 5 nitrogen and oxygen atoms in total. The molecule has 0 amide bonds. The fourth-order valence-electron chi connectivity index (χ4n) is 0.838.